The molecule has 0 saturated carbocycles. The van der Waals surface area contributed by atoms with E-state index in [4.69, 9.17) is 16.7 Å². The average Bonchev–Trinajstić information content (AvgIpc) is 2.41. The number of nitrogens with zero attached hydrogens (tertiary/aromatic N) is 2. The average molecular weight is 293 g/mol. The zero-order valence-corrected chi connectivity index (χ0v) is 11.6. The van der Waals surface area contributed by atoms with Crippen LogP contribution in [0.1, 0.15) is 12.0 Å². The van der Waals surface area contributed by atoms with Crippen LogP contribution in [-0.4, -0.2) is 20.9 Å². The highest BCUT2D eigenvalue weighted by Gasteiger charge is 2.09. The number of hydrogen-bond donors (Lipinski definition) is 1. The summed E-state index contributed by atoms with van der Waals surface area (Å²) in [5, 5.41) is 13.5. The summed E-state index contributed by atoms with van der Waals surface area (Å²) in [5.41, 5.74) is 1.60. The first-order valence-electron chi connectivity index (χ1n) is 6.02. The summed E-state index contributed by atoms with van der Waals surface area (Å²) in [6.45, 7) is 0. The fraction of sp³-hybridized carbons (Fsp3) is 0.214. The Kier molecular flexibility index (Phi) is 4.20. The molecule has 0 unspecified atom stereocenters. The second-order valence-corrected chi connectivity index (χ2v) is 4.82. The van der Waals surface area contributed by atoms with Crippen molar-refractivity contribution in [2.75, 3.05) is 0 Å². The fourth-order valence-corrected chi connectivity index (χ4v) is 1.98. The molecule has 0 radical (unpaired) electrons. The molecule has 0 bridgehead atoms. The minimum Gasteiger partial charge on any atom is -0.481 e. The first kappa shape index (κ1) is 14.3. The summed E-state index contributed by atoms with van der Waals surface area (Å²) in [6.07, 6.45) is 0.102. The summed E-state index contributed by atoms with van der Waals surface area (Å²) in [6, 6.07) is 8.71. The van der Waals surface area contributed by atoms with E-state index in [9.17, 15) is 9.59 Å². The maximum Gasteiger partial charge on any atom is 0.303 e. The Morgan fingerprint density at radius 2 is 2.00 bits per heavy atom. The van der Waals surface area contributed by atoms with Crippen molar-refractivity contribution in [1.29, 1.82) is 0 Å². The highest BCUT2D eigenvalue weighted by molar-refractivity contribution is 6.30. The first-order valence-corrected chi connectivity index (χ1v) is 6.40. The molecular formula is C14H13ClN2O3. The van der Waals surface area contributed by atoms with E-state index < -0.39 is 5.97 Å². The predicted molar refractivity (Wildman–Crippen MR) is 75.9 cm³/mol. The van der Waals surface area contributed by atoms with Crippen LogP contribution >= 0.6 is 11.6 Å². The second-order valence-electron chi connectivity index (χ2n) is 4.38. The van der Waals surface area contributed by atoms with Crippen LogP contribution in [0.5, 0.6) is 0 Å². The number of carboxylic acids is 1. The van der Waals surface area contributed by atoms with Crippen LogP contribution in [0.15, 0.2) is 35.1 Å². The summed E-state index contributed by atoms with van der Waals surface area (Å²) in [4.78, 5) is 22.5. The van der Waals surface area contributed by atoms with Gasteiger partial charge in [-0.1, -0.05) is 23.7 Å². The van der Waals surface area contributed by atoms with E-state index in [1.807, 2.05) is 0 Å². The van der Waals surface area contributed by atoms with Crippen molar-refractivity contribution >= 4 is 17.6 Å². The number of halogens is 1. The summed E-state index contributed by atoms with van der Waals surface area (Å²) >= 11 is 5.83. The Bertz CT molecular complexity index is 693. The van der Waals surface area contributed by atoms with Crippen molar-refractivity contribution in [2.24, 2.45) is 7.05 Å². The molecule has 0 atom stereocenters. The lowest BCUT2D eigenvalue weighted by atomic mass is 10.1. The van der Waals surface area contributed by atoms with Gasteiger partial charge in [0.2, 0.25) is 0 Å². The van der Waals surface area contributed by atoms with Gasteiger partial charge in [-0.05, 0) is 24.6 Å². The highest BCUT2D eigenvalue weighted by atomic mass is 35.5. The molecular weight excluding hydrogens is 280 g/mol. The van der Waals surface area contributed by atoms with Crippen LogP contribution in [0, 0.1) is 0 Å². The SMILES string of the molecule is Cn1nc(-c2ccc(Cl)cc2)cc(CCC(=O)O)c1=O. The molecule has 1 N–H and O–H groups in total. The zero-order valence-electron chi connectivity index (χ0n) is 10.8. The van der Waals surface area contributed by atoms with Gasteiger partial charge in [-0.2, -0.15) is 5.10 Å². The van der Waals surface area contributed by atoms with Crippen LogP contribution in [0.4, 0.5) is 0 Å². The smallest absolute Gasteiger partial charge is 0.303 e. The van der Waals surface area contributed by atoms with Crippen LogP contribution in [0.25, 0.3) is 11.3 Å². The number of aliphatic carboxylic acids is 1. The molecule has 0 amide bonds. The van der Waals surface area contributed by atoms with Crippen molar-refractivity contribution < 1.29 is 9.90 Å². The van der Waals surface area contributed by atoms with Gasteiger partial charge in [0, 0.05) is 29.6 Å². The molecule has 0 aliphatic heterocycles. The number of aryl methyl sites for hydroxylation is 2. The molecule has 20 heavy (non-hydrogen) atoms. The van der Waals surface area contributed by atoms with Gasteiger partial charge in [0.25, 0.3) is 5.56 Å². The van der Waals surface area contributed by atoms with Gasteiger partial charge in [0.05, 0.1) is 5.69 Å². The van der Waals surface area contributed by atoms with Crippen molar-refractivity contribution in [3.8, 4) is 11.3 Å². The van der Waals surface area contributed by atoms with E-state index in [1.165, 1.54) is 4.68 Å². The second kappa shape index (κ2) is 5.88. The summed E-state index contributed by atoms with van der Waals surface area (Å²) < 4.78 is 1.22. The van der Waals surface area contributed by atoms with E-state index in [0.717, 1.165) is 5.56 Å². The van der Waals surface area contributed by atoms with E-state index in [-0.39, 0.29) is 18.4 Å². The van der Waals surface area contributed by atoms with Gasteiger partial charge >= 0.3 is 5.97 Å². The maximum absolute atomic E-state index is 11.9. The quantitative estimate of drug-likeness (QED) is 0.937. The number of rotatable bonds is 4. The third-order valence-corrected chi connectivity index (χ3v) is 3.14. The highest BCUT2D eigenvalue weighted by Crippen LogP contribution is 2.19. The van der Waals surface area contributed by atoms with Crippen LogP contribution < -0.4 is 5.56 Å². The number of carboxylic acid groups (broad SMARTS) is 1. The molecule has 0 aliphatic carbocycles. The first-order chi connectivity index (χ1) is 9.47. The Balaban J connectivity index is 2.42. The van der Waals surface area contributed by atoms with Crippen molar-refractivity contribution in [3.05, 3.63) is 51.3 Å². The number of benzene rings is 1. The molecule has 2 aromatic rings. The number of aromatic nitrogens is 2. The van der Waals surface area contributed by atoms with Crippen molar-refractivity contribution in [2.45, 2.75) is 12.8 Å². The minimum atomic E-state index is -0.933. The monoisotopic (exact) mass is 292 g/mol. The van der Waals surface area contributed by atoms with Gasteiger partial charge in [-0.3, -0.25) is 9.59 Å². The Labute approximate surface area is 120 Å². The Hall–Kier alpha value is -2.14. The van der Waals surface area contributed by atoms with Crippen molar-refractivity contribution in [3.63, 3.8) is 0 Å². The van der Waals surface area contributed by atoms with Gasteiger partial charge in [-0.15, -0.1) is 0 Å². The third-order valence-electron chi connectivity index (χ3n) is 2.89. The van der Waals surface area contributed by atoms with Crippen LogP contribution in [-0.2, 0) is 18.3 Å². The minimum absolute atomic E-state index is 0.0840. The van der Waals surface area contributed by atoms with Gasteiger partial charge in [0.1, 0.15) is 0 Å². The number of carbonyl (C=O) groups is 1. The van der Waals surface area contributed by atoms with Crippen molar-refractivity contribution in [1.82, 2.24) is 9.78 Å². The molecule has 0 spiro atoms. The largest absolute Gasteiger partial charge is 0.481 e. The molecule has 0 fully saturated rings. The molecule has 1 aromatic carbocycles. The molecule has 1 aromatic heterocycles. The summed E-state index contributed by atoms with van der Waals surface area (Å²) in [5.74, 6) is -0.933. The molecule has 0 aliphatic rings. The maximum atomic E-state index is 11.9. The lowest BCUT2D eigenvalue weighted by molar-refractivity contribution is -0.136. The third kappa shape index (κ3) is 3.24. The molecule has 2 rings (SSSR count). The molecule has 1 heterocycles. The standard InChI is InChI=1S/C14H13ClN2O3/c1-17-14(20)10(4-7-13(18)19)8-12(16-17)9-2-5-11(15)6-3-9/h2-3,5-6,8H,4,7H2,1H3,(H,18,19). The zero-order chi connectivity index (χ0) is 14.7. The number of hydrogen-bond acceptors (Lipinski definition) is 3. The molecule has 0 saturated heterocycles. The summed E-state index contributed by atoms with van der Waals surface area (Å²) in [7, 11) is 1.55. The lowest BCUT2D eigenvalue weighted by Gasteiger charge is -2.07. The predicted octanol–water partition coefficient (Wildman–Crippen LogP) is 2.12. The van der Waals surface area contributed by atoms with Crippen LogP contribution in [0.3, 0.4) is 0 Å². The van der Waals surface area contributed by atoms with Gasteiger partial charge in [-0.25, -0.2) is 4.68 Å². The molecule has 5 nitrogen and oxygen atoms in total. The normalized spacial score (nSPS) is 10.5. The fourth-order valence-electron chi connectivity index (χ4n) is 1.85. The molecule has 104 valence electrons. The lowest BCUT2D eigenvalue weighted by Crippen LogP contribution is -2.24. The van der Waals surface area contributed by atoms with E-state index in [1.54, 1.807) is 37.4 Å². The Morgan fingerprint density at radius 1 is 1.35 bits per heavy atom. The van der Waals surface area contributed by atoms with Crippen LogP contribution in [0.2, 0.25) is 5.02 Å². The Morgan fingerprint density at radius 3 is 2.60 bits per heavy atom. The van der Waals surface area contributed by atoms with Gasteiger partial charge < -0.3 is 5.11 Å². The van der Waals surface area contributed by atoms with Gasteiger partial charge in [0.15, 0.2) is 0 Å². The van der Waals surface area contributed by atoms with E-state index in [2.05, 4.69) is 5.10 Å². The van der Waals surface area contributed by atoms with E-state index in [0.29, 0.717) is 16.3 Å². The van der Waals surface area contributed by atoms with E-state index >= 15 is 0 Å². The molecule has 6 heteroatoms. The topological polar surface area (TPSA) is 72.2 Å².